The van der Waals surface area contributed by atoms with Crippen molar-refractivity contribution in [1.29, 1.82) is 0 Å². The van der Waals surface area contributed by atoms with E-state index in [0.717, 1.165) is 5.01 Å². The van der Waals surface area contributed by atoms with Crippen molar-refractivity contribution in [2.45, 2.75) is 25.8 Å². The van der Waals surface area contributed by atoms with Crippen molar-refractivity contribution in [2.75, 3.05) is 7.05 Å². The minimum absolute atomic E-state index is 0.00606. The zero-order chi connectivity index (χ0) is 13.4. The Morgan fingerprint density at radius 3 is 3.00 bits per heavy atom. The van der Waals surface area contributed by atoms with Gasteiger partial charge in [-0.15, -0.1) is 11.3 Å². The minimum Gasteiger partial charge on any atom is -0.462 e. The molecule has 4 nitrogen and oxygen atoms in total. The number of thiazole rings is 1. The second kappa shape index (κ2) is 4.81. The van der Waals surface area contributed by atoms with Gasteiger partial charge >= 0.3 is 0 Å². The number of amides is 1. The summed E-state index contributed by atoms with van der Waals surface area (Å²) in [5.41, 5.74) is 0.506. The maximum atomic E-state index is 12.3. The monoisotopic (exact) mass is 276 g/mol. The maximum absolute atomic E-state index is 12.3. The van der Waals surface area contributed by atoms with Gasteiger partial charge in [-0.25, -0.2) is 4.98 Å². The number of carbonyl (C=O) groups is 1. The van der Waals surface area contributed by atoms with Crippen LogP contribution in [-0.4, -0.2) is 28.9 Å². The predicted octanol–water partition coefficient (Wildman–Crippen LogP) is 3.27. The van der Waals surface area contributed by atoms with Crippen LogP contribution in [0, 0.1) is 5.92 Å². The first-order valence-corrected chi connectivity index (χ1v) is 7.31. The quantitative estimate of drug-likeness (QED) is 0.861. The number of hydrogen-bond acceptors (Lipinski definition) is 4. The van der Waals surface area contributed by atoms with E-state index in [-0.39, 0.29) is 5.91 Å². The van der Waals surface area contributed by atoms with Crippen LogP contribution >= 0.6 is 11.3 Å². The molecule has 1 aliphatic carbocycles. The molecule has 0 saturated heterocycles. The lowest BCUT2D eigenvalue weighted by Gasteiger charge is -2.23. The zero-order valence-corrected chi connectivity index (χ0v) is 11.8. The number of carbonyl (C=O) groups excluding carboxylic acids is 1. The molecule has 0 aliphatic heterocycles. The van der Waals surface area contributed by atoms with Crippen LogP contribution in [0.3, 0.4) is 0 Å². The highest BCUT2D eigenvalue weighted by molar-refractivity contribution is 7.13. The highest BCUT2D eigenvalue weighted by Gasteiger charge is 2.33. The van der Waals surface area contributed by atoms with Crippen molar-refractivity contribution in [2.24, 2.45) is 5.92 Å². The van der Waals surface area contributed by atoms with E-state index in [1.54, 1.807) is 16.5 Å². The molecule has 0 N–H and O–H groups in total. The highest BCUT2D eigenvalue weighted by Crippen LogP contribution is 2.35. The smallest absolute Gasteiger partial charge is 0.273 e. The molecular weight excluding hydrogens is 260 g/mol. The fourth-order valence-electron chi connectivity index (χ4n) is 2.15. The molecule has 1 saturated carbocycles. The van der Waals surface area contributed by atoms with Gasteiger partial charge in [0.25, 0.3) is 5.91 Å². The van der Waals surface area contributed by atoms with Crippen molar-refractivity contribution < 1.29 is 9.21 Å². The van der Waals surface area contributed by atoms with E-state index in [1.165, 1.54) is 24.2 Å². The summed E-state index contributed by atoms with van der Waals surface area (Å²) in [5.74, 6) is 1.37. The normalized spacial score (nSPS) is 16.3. The fourth-order valence-corrected chi connectivity index (χ4v) is 2.91. The summed E-state index contributed by atoms with van der Waals surface area (Å²) >= 11 is 1.44. The Bertz CT molecular complexity index is 572. The largest absolute Gasteiger partial charge is 0.462 e. The molecule has 1 aliphatic rings. The van der Waals surface area contributed by atoms with Gasteiger partial charge in [-0.05, 0) is 37.8 Å². The van der Waals surface area contributed by atoms with E-state index >= 15 is 0 Å². The van der Waals surface area contributed by atoms with Crippen molar-refractivity contribution in [3.63, 3.8) is 0 Å². The number of rotatable bonds is 4. The Morgan fingerprint density at radius 1 is 1.58 bits per heavy atom. The Hall–Kier alpha value is -1.62. The van der Waals surface area contributed by atoms with E-state index in [0.29, 0.717) is 23.4 Å². The van der Waals surface area contributed by atoms with Crippen LogP contribution in [0.15, 0.2) is 28.2 Å². The van der Waals surface area contributed by atoms with Crippen molar-refractivity contribution in [3.8, 4) is 10.8 Å². The third-order valence-corrected chi connectivity index (χ3v) is 4.55. The van der Waals surface area contributed by atoms with Crippen LogP contribution in [0.1, 0.15) is 30.3 Å². The highest BCUT2D eigenvalue weighted by atomic mass is 32.1. The molecule has 1 amide bonds. The molecule has 2 aromatic heterocycles. The molecule has 0 spiro atoms. The van der Waals surface area contributed by atoms with E-state index in [4.69, 9.17) is 4.42 Å². The third-order valence-electron chi connectivity index (χ3n) is 3.69. The van der Waals surface area contributed by atoms with Crippen LogP contribution in [0.25, 0.3) is 10.8 Å². The standard InChI is InChI=1S/C14H16N2O2S/c1-9(10-5-6-10)16(2)14(17)11-8-19-13(15-11)12-4-3-7-18-12/h3-4,7-10H,5-6H2,1-2H3/t9-/m1/s1. The Balaban J connectivity index is 1.76. The van der Waals surface area contributed by atoms with Crippen LogP contribution < -0.4 is 0 Å². The Morgan fingerprint density at radius 2 is 2.37 bits per heavy atom. The van der Waals surface area contributed by atoms with Gasteiger partial charge in [-0.2, -0.15) is 0 Å². The molecule has 2 heterocycles. The first kappa shape index (κ1) is 12.4. The van der Waals surface area contributed by atoms with E-state index < -0.39 is 0 Å². The molecule has 0 radical (unpaired) electrons. The molecule has 0 bridgehead atoms. The van der Waals surface area contributed by atoms with Gasteiger partial charge in [0.2, 0.25) is 0 Å². The third kappa shape index (κ3) is 2.42. The Kier molecular flexibility index (Phi) is 3.14. The Labute approximate surface area is 116 Å². The second-order valence-corrected chi connectivity index (χ2v) is 5.87. The molecule has 1 fully saturated rings. The first-order valence-electron chi connectivity index (χ1n) is 6.43. The molecule has 5 heteroatoms. The second-order valence-electron chi connectivity index (χ2n) is 5.01. The molecule has 2 aromatic rings. The SMILES string of the molecule is C[C@H](C1CC1)N(C)C(=O)c1csc(-c2ccco2)n1. The lowest BCUT2D eigenvalue weighted by Crippen LogP contribution is -2.36. The summed E-state index contributed by atoms with van der Waals surface area (Å²) in [6.07, 6.45) is 4.07. The van der Waals surface area contributed by atoms with Crippen LogP contribution in [0.5, 0.6) is 0 Å². The molecule has 3 rings (SSSR count). The zero-order valence-electron chi connectivity index (χ0n) is 11.0. The van der Waals surface area contributed by atoms with Gasteiger partial charge in [0.15, 0.2) is 10.8 Å². The molecular formula is C14H16N2O2S. The van der Waals surface area contributed by atoms with Gasteiger partial charge in [0.1, 0.15) is 5.69 Å². The summed E-state index contributed by atoms with van der Waals surface area (Å²) < 4.78 is 5.29. The number of nitrogens with zero attached hydrogens (tertiary/aromatic N) is 2. The van der Waals surface area contributed by atoms with Crippen molar-refractivity contribution in [1.82, 2.24) is 9.88 Å². The van der Waals surface area contributed by atoms with Gasteiger partial charge in [0, 0.05) is 18.5 Å². The molecule has 0 aromatic carbocycles. The lowest BCUT2D eigenvalue weighted by molar-refractivity contribution is 0.0722. The average Bonchev–Trinajstić information content (AvgIpc) is 2.94. The van der Waals surface area contributed by atoms with Gasteiger partial charge in [-0.3, -0.25) is 4.79 Å². The van der Waals surface area contributed by atoms with Gasteiger partial charge in [0.05, 0.1) is 6.26 Å². The lowest BCUT2D eigenvalue weighted by atomic mass is 10.2. The van der Waals surface area contributed by atoms with Crippen molar-refractivity contribution in [3.05, 3.63) is 29.5 Å². The summed E-state index contributed by atoms with van der Waals surface area (Å²) in [6.45, 7) is 2.11. The van der Waals surface area contributed by atoms with Gasteiger partial charge < -0.3 is 9.32 Å². The summed E-state index contributed by atoms with van der Waals surface area (Å²) in [7, 11) is 1.86. The van der Waals surface area contributed by atoms with Crippen molar-refractivity contribution >= 4 is 17.2 Å². The average molecular weight is 276 g/mol. The summed E-state index contributed by atoms with van der Waals surface area (Å²) in [6, 6.07) is 3.96. The van der Waals surface area contributed by atoms with E-state index in [2.05, 4.69) is 11.9 Å². The minimum atomic E-state index is -0.00606. The fraction of sp³-hybridized carbons (Fsp3) is 0.429. The summed E-state index contributed by atoms with van der Waals surface area (Å²) in [5, 5.41) is 2.55. The van der Waals surface area contributed by atoms with Crippen LogP contribution in [-0.2, 0) is 0 Å². The van der Waals surface area contributed by atoms with E-state index in [1.807, 2.05) is 19.2 Å². The predicted molar refractivity (Wildman–Crippen MR) is 74.1 cm³/mol. The van der Waals surface area contributed by atoms with Crippen LogP contribution in [0.2, 0.25) is 0 Å². The number of aromatic nitrogens is 1. The van der Waals surface area contributed by atoms with E-state index in [9.17, 15) is 4.79 Å². The number of hydrogen-bond donors (Lipinski definition) is 0. The molecule has 100 valence electrons. The molecule has 0 unspecified atom stereocenters. The maximum Gasteiger partial charge on any atom is 0.273 e. The topological polar surface area (TPSA) is 46.3 Å². The van der Waals surface area contributed by atoms with Crippen LogP contribution in [0.4, 0.5) is 0 Å². The number of furan rings is 1. The summed E-state index contributed by atoms with van der Waals surface area (Å²) in [4.78, 5) is 18.5. The molecule has 19 heavy (non-hydrogen) atoms. The first-order chi connectivity index (χ1) is 9.16. The van der Waals surface area contributed by atoms with Gasteiger partial charge in [-0.1, -0.05) is 0 Å². The molecule has 1 atom stereocenters.